The molecule has 0 saturated carbocycles. The van der Waals surface area contributed by atoms with Gasteiger partial charge in [-0.3, -0.25) is 15.1 Å². The number of halogens is 1. The van der Waals surface area contributed by atoms with Crippen LogP contribution in [0.3, 0.4) is 0 Å². The van der Waals surface area contributed by atoms with Crippen LogP contribution in [0.15, 0.2) is 60.4 Å². The Morgan fingerprint density at radius 3 is 2.77 bits per heavy atom. The van der Waals surface area contributed by atoms with Crippen molar-refractivity contribution >= 4 is 33.3 Å². The quantitative estimate of drug-likeness (QED) is 0.378. The first-order valence-electron chi connectivity index (χ1n) is 9.66. The monoisotopic (exact) mass is 426 g/mol. The number of aromatic amines is 2. The third-order valence-corrected chi connectivity index (χ3v) is 6.24. The Morgan fingerprint density at radius 1 is 1.00 bits per heavy atom. The fourth-order valence-electron chi connectivity index (χ4n) is 3.81. The molecule has 1 aromatic carbocycles. The minimum Gasteiger partial charge on any atom is -0.336 e. The number of thiophene rings is 1. The van der Waals surface area contributed by atoms with Crippen LogP contribution in [-0.4, -0.2) is 30.1 Å². The number of hydrogen-bond acceptors (Lipinski definition) is 5. The van der Waals surface area contributed by atoms with Crippen molar-refractivity contribution in [2.24, 2.45) is 0 Å². The zero-order valence-corrected chi connectivity index (χ0v) is 17.2. The second-order valence-corrected chi connectivity index (χ2v) is 8.21. The number of benzene rings is 1. The van der Waals surface area contributed by atoms with Crippen LogP contribution in [0.1, 0.15) is 5.56 Å². The molecule has 0 atom stereocenters. The summed E-state index contributed by atoms with van der Waals surface area (Å²) in [6.45, 7) is 1.94. The Balaban J connectivity index is 1.56. The lowest BCUT2D eigenvalue weighted by Crippen LogP contribution is -1.90. The van der Waals surface area contributed by atoms with Crippen LogP contribution in [0.25, 0.3) is 55.2 Å². The lowest BCUT2D eigenvalue weighted by atomic mass is 10.0. The SMILES string of the molecule is Cc1ccncc1-c1cc2c(-c3nc4c(-c5cccs5)nccc4[nH]3)n[nH]c2cc1F. The first-order valence-corrected chi connectivity index (χ1v) is 10.5. The molecule has 0 fully saturated rings. The number of rotatable bonds is 3. The largest absolute Gasteiger partial charge is 0.336 e. The van der Waals surface area contributed by atoms with Crippen molar-refractivity contribution in [1.82, 2.24) is 30.1 Å². The molecule has 31 heavy (non-hydrogen) atoms. The Labute approximate surface area is 179 Å². The van der Waals surface area contributed by atoms with Crippen LogP contribution in [0.4, 0.5) is 4.39 Å². The summed E-state index contributed by atoms with van der Waals surface area (Å²) in [4.78, 5) is 17.9. The summed E-state index contributed by atoms with van der Waals surface area (Å²) >= 11 is 1.62. The molecule has 0 unspecified atom stereocenters. The molecular formula is C23H15FN6S. The second kappa shape index (κ2) is 6.82. The fraction of sp³-hybridized carbons (Fsp3) is 0.0435. The Morgan fingerprint density at radius 2 is 1.94 bits per heavy atom. The Hall–Kier alpha value is -3.91. The van der Waals surface area contributed by atoms with Gasteiger partial charge in [0.05, 0.1) is 15.9 Å². The Kier molecular flexibility index (Phi) is 3.94. The highest BCUT2D eigenvalue weighted by Crippen LogP contribution is 2.35. The topological polar surface area (TPSA) is 83.1 Å². The van der Waals surface area contributed by atoms with E-state index in [2.05, 4.69) is 25.1 Å². The molecule has 5 aromatic heterocycles. The van der Waals surface area contributed by atoms with E-state index in [1.54, 1.807) is 36.0 Å². The van der Waals surface area contributed by atoms with Crippen LogP contribution in [0, 0.1) is 12.7 Å². The molecule has 0 bridgehead atoms. The number of aromatic nitrogens is 6. The molecule has 5 heterocycles. The van der Waals surface area contributed by atoms with Gasteiger partial charge >= 0.3 is 0 Å². The molecule has 8 heteroatoms. The highest BCUT2D eigenvalue weighted by molar-refractivity contribution is 7.13. The summed E-state index contributed by atoms with van der Waals surface area (Å²) in [6, 6.07) is 11.0. The van der Waals surface area contributed by atoms with Gasteiger partial charge in [-0.25, -0.2) is 9.37 Å². The third kappa shape index (κ3) is 2.83. The molecule has 0 aliphatic rings. The van der Waals surface area contributed by atoms with Crippen molar-refractivity contribution in [3.63, 3.8) is 0 Å². The van der Waals surface area contributed by atoms with Crippen molar-refractivity contribution in [2.45, 2.75) is 6.92 Å². The Bertz CT molecular complexity index is 1560. The number of nitrogens with one attached hydrogen (secondary N) is 2. The van der Waals surface area contributed by atoms with E-state index < -0.39 is 0 Å². The van der Waals surface area contributed by atoms with Crippen LogP contribution in [0.5, 0.6) is 0 Å². The molecule has 0 aliphatic heterocycles. The van der Waals surface area contributed by atoms with E-state index in [-0.39, 0.29) is 5.82 Å². The average Bonchev–Trinajstić information content (AvgIpc) is 3.52. The summed E-state index contributed by atoms with van der Waals surface area (Å²) in [5.74, 6) is 0.278. The summed E-state index contributed by atoms with van der Waals surface area (Å²) in [6.07, 6.45) is 5.15. The molecule has 6 aromatic rings. The number of imidazole rings is 1. The molecule has 0 radical (unpaired) electrons. The van der Waals surface area contributed by atoms with E-state index in [0.29, 0.717) is 22.6 Å². The van der Waals surface area contributed by atoms with Gasteiger partial charge in [0, 0.05) is 41.2 Å². The number of pyridine rings is 2. The van der Waals surface area contributed by atoms with Crippen molar-refractivity contribution in [1.29, 1.82) is 0 Å². The molecule has 0 spiro atoms. The van der Waals surface area contributed by atoms with Gasteiger partial charge in [0.1, 0.15) is 22.7 Å². The van der Waals surface area contributed by atoms with Gasteiger partial charge in [-0.05, 0) is 42.1 Å². The van der Waals surface area contributed by atoms with Crippen molar-refractivity contribution < 1.29 is 4.39 Å². The minimum atomic E-state index is -0.326. The van der Waals surface area contributed by atoms with Crippen LogP contribution >= 0.6 is 11.3 Å². The van der Waals surface area contributed by atoms with Crippen molar-refractivity contribution in [3.8, 4) is 33.2 Å². The fourth-order valence-corrected chi connectivity index (χ4v) is 4.53. The van der Waals surface area contributed by atoms with Gasteiger partial charge in [0.25, 0.3) is 0 Å². The van der Waals surface area contributed by atoms with Gasteiger partial charge in [0.2, 0.25) is 0 Å². The average molecular weight is 426 g/mol. The van der Waals surface area contributed by atoms with Crippen LogP contribution in [-0.2, 0) is 0 Å². The molecule has 6 rings (SSSR count). The lowest BCUT2D eigenvalue weighted by Gasteiger charge is -2.07. The number of hydrogen-bond donors (Lipinski definition) is 2. The number of nitrogens with zero attached hydrogens (tertiary/aromatic N) is 4. The first-order chi connectivity index (χ1) is 15.2. The summed E-state index contributed by atoms with van der Waals surface area (Å²) in [5, 5.41) is 10.2. The van der Waals surface area contributed by atoms with E-state index in [4.69, 9.17) is 4.98 Å². The standard InChI is InChI=1S/C23H15FN6S/c1-12-4-6-25-11-15(12)13-9-14-18(10-16(13)24)29-30-20(14)23-27-17-5-7-26-22(21(17)28-23)19-3-2-8-31-19/h2-11H,1H3,(H,27,28)(H,29,30). The van der Waals surface area contributed by atoms with E-state index in [9.17, 15) is 4.39 Å². The first kappa shape index (κ1) is 17.9. The maximum Gasteiger partial charge on any atom is 0.159 e. The normalized spacial score (nSPS) is 11.5. The van der Waals surface area contributed by atoms with Gasteiger partial charge in [-0.1, -0.05) is 6.07 Å². The smallest absolute Gasteiger partial charge is 0.159 e. The molecule has 150 valence electrons. The van der Waals surface area contributed by atoms with E-state index in [1.807, 2.05) is 36.6 Å². The van der Waals surface area contributed by atoms with Gasteiger partial charge in [0.15, 0.2) is 5.82 Å². The highest BCUT2D eigenvalue weighted by Gasteiger charge is 2.18. The van der Waals surface area contributed by atoms with Crippen molar-refractivity contribution in [3.05, 3.63) is 71.7 Å². The van der Waals surface area contributed by atoms with Crippen LogP contribution in [0.2, 0.25) is 0 Å². The number of fused-ring (bicyclic) bond motifs is 2. The van der Waals surface area contributed by atoms with Crippen LogP contribution < -0.4 is 0 Å². The maximum atomic E-state index is 14.9. The summed E-state index contributed by atoms with van der Waals surface area (Å²) in [7, 11) is 0. The highest BCUT2D eigenvalue weighted by atomic mass is 32.1. The third-order valence-electron chi connectivity index (χ3n) is 5.36. The van der Waals surface area contributed by atoms with E-state index in [1.165, 1.54) is 6.07 Å². The van der Waals surface area contributed by atoms with E-state index in [0.717, 1.165) is 38.1 Å². The predicted octanol–water partition coefficient (Wildman–Crippen LogP) is 5.74. The zero-order chi connectivity index (χ0) is 20.9. The van der Waals surface area contributed by atoms with Gasteiger partial charge in [-0.2, -0.15) is 5.10 Å². The molecule has 6 nitrogen and oxygen atoms in total. The maximum absolute atomic E-state index is 14.9. The summed E-state index contributed by atoms with van der Waals surface area (Å²) < 4.78 is 14.9. The molecular weight excluding hydrogens is 411 g/mol. The van der Waals surface area contributed by atoms with Gasteiger partial charge < -0.3 is 4.98 Å². The minimum absolute atomic E-state index is 0.326. The lowest BCUT2D eigenvalue weighted by molar-refractivity contribution is 0.632. The van der Waals surface area contributed by atoms with Crippen molar-refractivity contribution in [2.75, 3.05) is 0 Å². The predicted molar refractivity (Wildman–Crippen MR) is 120 cm³/mol. The number of aryl methyl sites for hydroxylation is 1. The second-order valence-electron chi connectivity index (χ2n) is 7.26. The summed E-state index contributed by atoms with van der Waals surface area (Å²) in [5.41, 5.74) is 5.90. The van der Waals surface area contributed by atoms with E-state index >= 15 is 0 Å². The molecule has 2 N–H and O–H groups in total. The molecule has 0 amide bonds. The van der Waals surface area contributed by atoms with Gasteiger partial charge in [-0.15, -0.1) is 11.3 Å². The molecule has 0 aliphatic carbocycles. The molecule has 0 saturated heterocycles. The zero-order valence-electron chi connectivity index (χ0n) is 16.3. The number of H-pyrrole nitrogens is 2.